The van der Waals surface area contributed by atoms with Crippen molar-refractivity contribution in [1.29, 1.82) is 0 Å². The standard InChI is InChI=1S/C21H24N4O/c1-14-22-18-10-9-16(12-20(18)24(14)4)21(26)25-13-17(23(2)3)11-15-7-5-6-8-19(15)25/h5-10,12,17H,11,13H2,1-4H3. The molecule has 1 aromatic heterocycles. The summed E-state index contributed by atoms with van der Waals surface area (Å²) in [7, 11) is 6.13. The van der Waals surface area contributed by atoms with Crippen molar-refractivity contribution >= 4 is 22.6 Å². The molecule has 3 aromatic rings. The molecule has 2 heterocycles. The number of carbonyl (C=O) groups is 1. The molecule has 26 heavy (non-hydrogen) atoms. The second-order valence-electron chi connectivity index (χ2n) is 7.29. The molecule has 134 valence electrons. The maximum Gasteiger partial charge on any atom is 0.258 e. The number of para-hydroxylation sites is 1. The number of imidazole rings is 1. The first-order valence-electron chi connectivity index (χ1n) is 8.95. The van der Waals surface area contributed by atoms with Crippen molar-refractivity contribution in [1.82, 2.24) is 14.5 Å². The number of hydrogen-bond donors (Lipinski definition) is 0. The van der Waals surface area contributed by atoms with Crippen LogP contribution in [0.25, 0.3) is 11.0 Å². The van der Waals surface area contributed by atoms with Crippen LogP contribution < -0.4 is 4.90 Å². The Morgan fingerprint density at radius 2 is 1.96 bits per heavy atom. The van der Waals surface area contributed by atoms with Gasteiger partial charge in [0, 0.05) is 30.9 Å². The molecule has 0 bridgehead atoms. The first-order chi connectivity index (χ1) is 12.5. The molecule has 0 radical (unpaired) electrons. The second-order valence-corrected chi connectivity index (χ2v) is 7.29. The van der Waals surface area contributed by atoms with Crippen molar-refractivity contribution in [2.75, 3.05) is 25.5 Å². The number of rotatable bonds is 2. The van der Waals surface area contributed by atoms with E-state index < -0.39 is 0 Å². The molecular formula is C21H24N4O. The molecule has 5 heteroatoms. The first kappa shape index (κ1) is 16.8. The van der Waals surface area contributed by atoms with Gasteiger partial charge in [-0.2, -0.15) is 0 Å². The van der Waals surface area contributed by atoms with Gasteiger partial charge in [0.2, 0.25) is 0 Å². The van der Waals surface area contributed by atoms with Crippen LogP contribution in [-0.4, -0.2) is 47.0 Å². The number of benzene rings is 2. The Morgan fingerprint density at radius 1 is 1.19 bits per heavy atom. The van der Waals surface area contributed by atoms with Crippen LogP contribution in [0.3, 0.4) is 0 Å². The Labute approximate surface area is 153 Å². The van der Waals surface area contributed by atoms with Gasteiger partial charge in [0.05, 0.1) is 11.0 Å². The summed E-state index contributed by atoms with van der Waals surface area (Å²) in [6.07, 6.45) is 0.965. The van der Waals surface area contributed by atoms with Gasteiger partial charge in [0.25, 0.3) is 5.91 Å². The summed E-state index contributed by atoms with van der Waals surface area (Å²) in [5.41, 5.74) is 4.87. The number of amides is 1. The summed E-state index contributed by atoms with van der Waals surface area (Å²) in [5.74, 6) is 0.991. The average Bonchev–Trinajstić information content (AvgIpc) is 2.93. The van der Waals surface area contributed by atoms with E-state index in [0.29, 0.717) is 18.2 Å². The van der Waals surface area contributed by atoms with Crippen molar-refractivity contribution in [3.63, 3.8) is 0 Å². The van der Waals surface area contributed by atoms with Crippen molar-refractivity contribution in [3.8, 4) is 0 Å². The highest BCUT2D eigenvalue weighted by molar-refractivity contribution is 6.08. The zero-order chi connectivity index (χ0) is 18.4. The summed E-state index contributed by atoms with van der Waals surface area (Å²) in [6.45, 7) is 2.68. The van der Waals surface area contributed by atoms with Crippen LogP contribution in [0.15, 0.2) is 42.5 Å². The van der Waals surface area contributed by atoms with Gasteiger partial charge in [-0.3, -0.25) is 4.79 Å². The fraction of sp³-hybridized carbons (Fsp3) is 0.333. The third-order valence-electron chi connectivity index (χ3n) is 5.46. The number of hydrogen-bond acceptors (Lipinski definition) is 3. The molecule has 5 nitrogen and oxygen atoms in total. The molecule has 0 saturated heterocycles. The van der Waals surface area contributed by atoms with Crippen LogP contribution in [0.1, 0.15) is 21.7 Å². The van der Waals surface area contributed by atoms with E-state index in [-0.39, 0.29) is 5.91 Å². The number of nitrogens with zero attached hydrogens (tertiary/aromatic N) is 4. The highest BCUT2D eigenvalue weighted by Gasteiger charge is 2.30. The lowest BCUT2D eigenvalue weighted by Gasteiger charge is -2.37. The summed E-state index contributed by atoms with van der Waals surface area (Å²) < 4.78 is 2.03. The van der Waals surface area contributed by atoms with E-state index in [1.807, 2.05) is 59.8 Å². The van der Waals surface area contributed by atoms with E-state index in [4.69, 9.17) is 0 Å². The van der Waals surface area contributed by atoms with E-state index in [1.54, 1.807) is 0 Å². The van der Waals surface area contributed by atoms with Crippen LogP contribution in [0.2, 0.25) is 0 Å². The van der Waals surface area contributed by atoms with Crippen molar-refractivity contribution < 1.29 is 4.79 Å². The Balaban J connectivity index is 1.76. The number of aromatic nitrogens is 2. The molecule has 1 amide bonds. The normalized spacial score (nSPS) is 17.0. The number of likely N-dealkylation sites (N-methyl/N-ethyl adjacent to an activating group) is 1. The molecule has 4 rings (SSSR count). The lowest BCUT2D eigenvalue weighted by molar-refractivity contribution is 0.0976. The van der Waals surface area contributed by atoms with Gasteiger partial charge in [-0.25, -0.2) is 4.98 Å². The summed E-state index contributed by atoms with van der Waals surface area (Å²) >= 11 is 0. The average molecular weight is 348 g/mol. The van der Waals surface area contributed by atoms with E-state index in [2.05, 4.69) is 30.0 Å². The molecule has 1 aliphatic rings. The number of anilines is 1. The van der Waals surface area contributed by atoms with Gasteiger partial charge in [0.1, 0.15) is 5.82 Å². The topological polar surface area (TPSA) is 41.4 Å². The molecular weight excluding hydrogens is 324 g/mol. The molecule has 0 aliphatic carbocycles. The Bertz CT molecular complexity index is 989. The van der Waals surface area contributed by atoms with Gasteiger partial charge in [-0.1, -0.05) is 18.2 Å². The largest absolute Gasteiger partial charge is 0.331 e. The van der Waals surface area contributed by atoms with E-state index in [9.17, 15) is 4.79 Å². The molecule has 0 fully saturated rings. The van der Waals surface area contributed by atoms with Gasteiger partial charge in [-0.05, 0) is 57.3 Å². The Hall–Kier alpha value is -2.66. The Morgan fingerprint density at radius 3 is 2.73 bits per heavy atom. The zero-order valence-electron chi connectivity index (χ0n) is 15.7. The van der Waals surface area contributed by atoms with Gasteiger partial charge in [-0.15, -0.1) is 0 Å². The fourth-order valence-electron chi connectivity index (χ4n) is 3.71. The van der Waals surface area contributed by atoms with Crippen LogP contribution in [0.4, 0.5) is 5.69 Å². The highest BCUT2D eigenvalue weighted by Crippen LogP contribution is 2.30. The number of fused-ring (bicyclic) bond motifs is 2. The molecule has 1 atom stereocenters. The minimum absolute atomic E-state index is 0.0461. The number of carbonyl (C=O) groups excluding carboxylic acids is 1. The predicted molar refractivity (Wildman–Crippen MR) is 105 cm³/mol. The van der Waals surface area contributed by atoms with E-state index in [0.717, 1.165) is 29.0 Å². The van der Waals surface area contributed by atoms with Gasteiger partial charge >= 0.3 is 0 Å². The van der Waals surface area contributed by atoms with Crippen molar-refractivity contribution in [2.45, 2.75) is 19.4 Å². The first-order valence-corrected chi connectivity index (χ1v) is 8.95. The van der Waals surface area contributed by atoms with E-state index >= 15 is 0 Å². The summed E-state index contributed by atoms with van der Waals surface area (Å²) in [4.78, 5) is 22.0. The lowest BCUT2D eigenvalue weighted by Crippen LogP contribution is -2.48. The molecule has 1 unspecified atom stereocenters. The molecule has 1 aliphatic heterocycles. The SMILES string of the molecule is Cc1nc2ccc(C(=O)N3CC(N(C)C)Cc4ccccc43)cc2n1C. The van der Waals surface area contributed by atoms with Crippen LogP contribution in [0.5, 0.6) is 0 Å². The minimum Gasteiger partial charge on any atom is -0.331 e. The summed E-state index contributed by atoms with van der Waals surface area (Å²) in [6, 6.07) is 14.3. The smallest absolute Gasteiger partial charge is 0.258 e. The third kappa shape index (κ3) is 2.69. The number of aryl methyl sites for hydroxylation is 2. The zero-order valence-corrected chi connectivity index (χ0v) is 15.7. The predicted octanol–water partition coefficient (Wildman–Crippen LogP) is 3.01. The van der Waals surface area contributed by atoms with Crippen LogP contribution in [-0.2, 0) is 13.5 Å². The maximum absolute atomic E-state index is 13.4. The molecule has 0 saturated carbocycles. The Kier molecular flexibility index (Phi) is 4.04. The van der Waals surface area contributed by atoms with Gasteiger partial charge in [0.15, 0.2) is 0 Å². The molecule has 2 aromatic carbocycles. The third-order valence-corrected chi connectivity index (χ3v) is 5.46. The van der Waals surface area contributed by atoms with Crippen molar-refractivity contribution in [3.05, 3.63) is 59.4 Å². The minimum atomic E-state index is 0.0461. The highest BCUT2D eigenvalue weighted by atomic mass is 16.2. The second kappa shape index (κ2) is 6.25. The molecule has 0 spiro atoms. The monoisotopic (exact) mass is 348 g/mol. The van der Waals surface area contributed by atoms with Crippen LogP contribution in [0, 0.1) is 6.92 Å². The van der Waals surface area contributed by atoms with Gasteiger partial charge < -0.3 is 14.4 Å². The molecule has 0 N–H and O–H groups in total. The fourth-order valence-corrected chi connectivity index (χ4v) is 3.71. The lowest BCUT2D eigenvalue weighted by atomic mass is 9.96. The quantitative estimate of drug-likeness (QED) is 0.715. The van der Waals surface area contributed by atoms with Crippen molar-refractivity contribution in [2.24, 2.45) is 7.05 Å². The maximum atomic E-state index is 13.4. The summed E-state index contributed by atoms with van der Waals surface area (Å²) in [5, 5.41) is 0. The van der Waals surface area contributed by atoms with Crippen LogP contribution >= 0.6 is 0 Å². The van der Waals surface area contributed by atoms with E-state index in [1.165, 1.54) is 5.56 Å².